The van der Waals surface area contributed by atoms with Gasteiger partial charge in [-0.05, 0) is 19.8 Å². The highest BCUT2D eigenvalue weighted by atomic mass is 16.5. The van der Waals surface area contributed by atoms with Gasteiger partial charge in [-0.3, -0.25) is 0 Å². The smallest absolute Gasteiger partial charge is 0.330 e. The van der Waals surface area contributed by atoms with E-state index in [1.54, 1.807) is 0 Å². The van der Waals surface area contributed by atoms with Gasteiger partial charge in [-0.2, -0.15) is 0 Å². The topological polar surface area (TPSA) is 46.5 Å². The van der Waals surface area contributed by atoms with Crippen LogP contribution in [0, 0.1) is 0 Å². The summed E-state index contributed by atoms with van der Waals surface area (Å²) in [4.78, 5) is 9.60. The maximum absolute atomic E-state index is 9.60. The van der Waals surface area contributed by atoms with Crippen LogP contribution in [0.3, 0.4) is 0 Å². The van der Waals surface area contributed by atoms with Crippen molar-refractivity contribution in [2.24, 2.45) is 0 Å². The number of carbonyl (C=O) groups is 1. The second-order valence-corrected chi connectivity index (χ2v) is 6.94. The SMILES string of the molecule is C=C(C)C(=O)O.CCCCCCCCCOCCCCCCCCC. The average molecular weight is 357 g/mol. The predicted molar refractivity (Wildman–Crippen MR) is 109 cm³/mol. The Bertz CT molecular complexity index is 259. The lowest BCUT2D eigenvalue weighted by molar-refractivity contribution is -0.132. The summed E-state index contributed by atoms with van der Waals surface area (Å²) < 4.78 is 5.69. The Hall–Kier alpha value is -0.830. The molecule has 0 radical (unpaired) electrons. The molecular formula is C22H44O3. The van der Waals surface area contributed by atoms with Crippen molar-refractivity contribution in [3.63, 3.8) is 0 Å². The first-order valence-electron chi connectivity index (χ1n) is 10.5. The molecule has 0 atom stereocenters. The lowest BCUT2D eigenvalue weighted by Gasteiger charge is -2.04. The maximum Gasteiger partial charge on any atom is 0.330 e. The van der Waals surface area contributed by atoms with Crippen LogP contribution in [-0.4, -0.2) is 24.3 Å². The minimum atomic E-state index is -0.935. The largest absolute Gasteiger partial charge is 0.478 e. The van der Waals surface area contributed by atoms with Gasteiger partial charge in [0.25, 0.3) is 0 Å². The van der Waals surface area contributed by atoms with Gasteiger partial charge in [0, 0.05) is 18.8 Å². The zero-order valence-corrected chi connectivity index (χ0v) is 17.3. The molecule has 0 amide bonds. The molecule has 0 aromatic carbocycles. The molecule has 3 nitrogen and oxygen atoms in total. The number of carboxylic acids is 1. The van der Waals surface area contributed by atoms with Crippen LogP contribution in [0.25, 0.3) is 0 Å². The Balaban J connectivity index is 0. The van der Waals surface area contributed by atoms with E-state index < -0.39 is 5.97 Å². The van der Waals surface area contributed by atoms with Crippen molar-refractivity contribution in [1.29, 1.82) is 0 Å². The molecule has 1 N–H and O–H groups in total. The molecule has 0 bridgehead atoms. The molecule has 0 fully saturated rings. The first kappa shape index (κ1) is 26.4. The zero-order chi connectivity index (χ0) is 19.2. The van der Waals surface area contributed by atoms with Crippen molar-refractivity contribution < 1.29 is 14.6 Å². The normalized spacial score (nSPS) is 10.2. The molecule has 0 rings (SSSR count). The van der Waals surface area contributed by atoms with Crippen molar-refractivity contribution in [3.05, 3.63) is 12.2 Å². The zero-order valence-electron chi connectivity index (χ0n) is 17.3. The van der Waals surface area contributed by atoms with Gasteiger partial charge in [0.15, 0.2) is 0 Å². The third-order valence-electron chi connectivity index (χ3n) is 4.15. The van der Waals surface area contributed by atoms with E-state index >= 15 is 0 Å². The van der Waals surface area contributed by atoms with E-state index in [4.69, 9.17) is 9.84 Å². The fourth-order valence-electron chi connectivity index (χ4n) is 2.42. The van der Waals surface area contributed by atoms with Crippen LogP contribution in [0.15, 0.2) is 12.2 Å². The Morgan fingerprint density at radius 3 is 1.28 bits per heavy atom. The summed E-state index contributed by atoms with van der Waals surface area (Å²) in [6, 6.07) is 0. The van der Waals surface area contributed by atoms with Gasteiger partial charge < -0.3 is 9.84 Å². The van der Waals surface area contributed by atoms with Crippen LogP contribution in [0.5, 0.6) is 0 Å². The predicted octanol–water partition coefficient (Wildman–Crippen LogP) is 7.15. The summed E-state index contributed by atoms with van der Waals surface area (Å²) >= 11 is 0. The summed E-state index contributed by atoms with van der Waals surface area (Å²) in [5, 5.41) is 7.89. The summed E-state index contributed by atoms with van der Waals surface area (Å²) in [6.45, 7) is 11.1. The molecular weight excluding hydrogens is 312 g/mol. The van der Waals surface area contributed by atoms with Crippen LogP contribution in [0.2, 0.25) is 0 Å². The Labute approximate surface area is 157 Å². The van der Waals surface area contributed by atoms with E-state index in [1.165, 1.54) is 96.8 Å². The maximum atomic E-state index is 9.60. The van der Waals surface area contributed by atoms with Crippen molar-refractivity contribution >= 4 is 5.97 Å². The minimum absolute atomic E-state index is 0.176. The molecule has 0 aliphatic rings. The van der Waals surface area contributed by atoms with E-state index in [-0.39, 0.29) is 5.57 Å². The van der Waals surface area contributed by atoms with Crippen LogP contribution >= 0.6 is 0 Å². The van der Waals surface area contributed by atoms with E-state index in [1.807, 2.05) is 0 Å². The fourth-order valence-corrected chi connectivity index (χ4v) is 2.42. The molecule has 0 saturated carbocycles. The Kier molecular flexibility index (Phi) is 24.5. The van der Waals surface area contributed by atoms with Gasteiger partial charge in [-0.1, -0.05) is 97.5 Å². The van der Waals surface area contributed by atoms with Crippen molar-refractivity contribution in [2.45, 2.75) is 111 Å². The Morgan fingerprint density at radius 2 is 1.00 bits per heavy atom. The fraction of sp³-hybridized carbons (Fsp3) is 0.864. The van der Waals surface area contributed by atoms with Crippen LogP contribution in [-0.2, 0) is 9.53 Å². The monoisotopic (exact) mass is 356 g/mol. The highest BCUT2D eigenvalue weighted by molar-refractivity contribution is 5.84. The average Bonchev–Trinajstić information content (AvgIpc) is 2.59. The third-order valence-corrected chi connectivity index (χ3v) is 4.15. The lowest BCUT2D eigenvalue weighted by atomic mass is 10.1. The molecule has 0 heterocycles. The third kappa shape index (κ3) is 28.3. The van der Waals surface area contributed by atoms with E-state index in [0.717, 1.165) is 13.2 Å². The second-order valence-electron chi connectivity index (χ2n) is 6.94. The molecule has 0 aromatic rings. The minimum Gasteiger partial charge on any atom is -0.478 e. The van der Waals surface area contributed by atoms with Gasteiger partial charge in [0.2, 0.25) is 0 Å². The second kappa shape index (κ2) is 23.2. The summed E-state index contributed by atoms with van der Waals surface area (Å²) in [5.74, 6) is -0.935. The molecule has 0 aliphatic carbocycles. The van der Waals surface area contributed by atoms with Gasteiger partial charge in [-0.15, -0.1) is 0 Å². The molecule has 25 heavy (non-hydrogen) atoms. The standard InChI is InChI=1S/C18H38O.C4H6O2/c1-3-5-7-9-11-13-15-17-19-18-16-14-12-10-8-6-4-2;1-3(2)4(5)6/h3-18H2,1-2H3;1H2,2H3,(H,5,6). The number of hydrogen-bond donors (Lipinski definition) is 1. The van der Waals surface area contributed by atoms with Crippen LogP contribution in [0.1, 0.15) is 111 Å². The number of aliphatic carboxylic acids is 1. The molecule has 3 heteroatoms. The van der Waals surface area contributed by atoms with E-state index in [2.05, 4.69) is 20.4 Å². The molecule has 150 valence electrons. The molecule has 0 spiro atoms. The quantitative estimate of drug-likeness (QED) is 0.222. The van der Waals surface area contributed by atoms with Gasteiger partial charge in [-0.25, -0.2) is 4.79 Å². The van der Waals surface area contributed by atoms with Crippen LogP contribution < -0.4 is 0 Å². The highest BCUT2D eigenvalue weighted by Gasteiger charge is 1.93. The van der Waals surface area contributed by atoms with E-state index in [9.17, 15) is 4.79 Å². The number of rotatable bonds is 17. The first-order valence-corrected chi connectivity index (χ1v) is 10.5. The number of unbranched alkanes of at least 4 members (excludes halogenated alkanes) is 12. The van der Waals surface area contributed by atoms with Crippen molar-refractivity contribution in [3.8, 4) is 0 Å². The molecule has 0 saturated heterocycles. The highest BCUT2D eigenvalue weighted by Crippen LogP contribution is 2.08. The Morgan fingerprint density at radius 1 is 0.720 bits per heavy atom. The van der Waals surface area contributed by atoms with Crippen molar-refractivity contribution in [1.82, 2.24) is 0 Å². The van der Waals surface area contributed by atoms with Gasteiger partial charge in [0.1, 0.15) is 0 Å². The van der Waals surface area contributed by atoms with Crippen LogP contribution in [0.4, 0.5) is 0 Å². The van der Waals surface area contributed by atoms with Gasteiger partial charge >= 0.3 is 5.97 Å². The van der Waals surface area contributed by atoms with Gasteiger partial charge in [0.05, 0.1) is 0 Å². The number of hydrogen-bond acceptors (Lipinski definition) is 2. The number of carboxylic acid groups (broad SMARTS) is 1. The lowest BCUT2D eigenvalue weighted by Crippen LogP contribution is -1.97. The molecule has 0 unspecified atom stereocenters. The molecule has 0 aromatic heterocycles. The summed E-state index contributed by atoms with van der Waals surface area (Å²) in [5.41, 5.74) is 0.176. The number of ether oxygens (including phenoxy) is 1. The van der Waals surface area contributed by atoms with Crippen molar-refractivity contribution in [2.75, 3.05) is 13.2 Å². The van der Waals surface area contributed by atoms with E-state index in [0.29, 0.717) is 0 Å². The first-order chi connectivity index (χ1) is 12.1. The molecule has 0 aliphatic heterocycles. The summed E-state index contributed by atoms with van der Waals surface area (Å²) in [7, 11) is 0. The summed E-state index contributed by atoms with van der Waals surface area (Å²) in [6.07, 6.45) is 19.3.